The van der Waals surface area contributed by atoms with E-state index in [1.54, 1.807) is 0 Å². The molecule has 0 spiro atoms. The van der Waals surface area contributed by atoms with Crippen LogP contribution in [0.1, 0.15) is 44.2 Å². The van der Waals surface area contributed by atoms with E-state index < -0.39 is 5.41 Å². The second-order valence-corrected chi connectivity index (χ2v) is 5.35. The molecule has 0 aromatic heterocycles. The number of aliphatic hydroxyl groups is 2. The molecule has 18 heavy (non-hydrogen) atoms. The van der Waals surface area contributed by atoms with E-state index >= 15 is 0 Å². The van der Waals surface area contributed by atoms with Gasteiger partial charge in [-0.3, -0.25) is 0 Å². The van der Waals surface area contributed by atoms with Crippen molar-refractivity contribution in [3.63, 3.8) is 0 Å². The van der Waals surface area contributed by atoms with E-state index in [9.17, 15) is 10.2 Å². The van der Waals surface area contributed by atoms with E-state index in [1.165, 1.54) is 5.56 Å². The zero-order valence-corrected chi connectivity index (χ0v) is 11.8. The highest BCUT2D eigenvalue weighted by Crippen LogP contribution is 2.33. The number of rotatable bonds is 7. The molecule has 1 rings (SSSR count). The summed E-state index contributed by atoms with van der Waals surface area (Å²) in [5.74, 6) is 0.547. The lowest BCUT2D eigenvalue weighted by Crippen LogP contribution is -2.37. The maximum atomic E-state index is 9.78. The van der Waals surface area contributed by atoms with E-state index in [0.717, 1.165) is 24.8 Å². The van der Waals surface area contributed by atoms with Crippen LogP contribution in [0.25, 0.3) is 0 Å². The first-order valence-electron chi connectivity index (χ1n) is 6.90. The van der Waals surface area contributed by atoms with Crippen LogP contribution in [0, 0.1) is 12.8 Å². The summed E-state index contributed by atoms with van der Waals surface area (Å²) in [5, 5.41) is 19.6. The van der Waals surface area contributed by atoms with E-state index in [0.29, 0.717) is 5.92 Å². The third-order valence-electron chi connectivity index (χ3n) is 4.10. The van der Waals surface area contributed by atoms with Gasteiger partial charge in [0.2, 0.25) is 0 Å². The molecule has 0 unspecified atom stereocenters. The molecule has 1 aromatic carbocycles. The third kappa shape index (κ3) is 3.33. The molecule has 0 saturated heterocycles. The van der Waals surface area contributed by atoms with Crippen LogP contribution in [0.5, 0.6) is 0 Å². The molecule has 2 N–H and O–H groups in total. The van der Waals surface area contributed by atoms with E-state index in [2.05, 4.69) is 13.8 Å². The number of aryl methyl sites for hydroxylation is 1. The molecule has 0 aliphatic rings. The molecule has 2 heteroatoms. The minimum atomic E-state index is -0.496. The Morgan fingerprint density at radius 2 is 1.50 bits per heavy atom. The molecular formula is C16H26O2. The van der Waals surface area contributed by atoms with Gasteiger partial charge in [-0.05, 0) is 24.8 Å². The molecule has 0 aliphatic carbocycles. The Morgan fingerprint density at radius 3 is 1.89 bits per heavy atom. The number of benzene rings is 1. The van der Waals surface area contributed by atoms with Crippen molar-refractivity contribution in [1.29, 1.82) is 0 Å². The molecule has 0 heterocycles. The zero-order chi connectivity index (χ0) is 13.6. The topological polar surface area (TPSA) is 40.5 Å². The van der Waals surface area contributed by atoms with Crippen molar-refractivity contribution in [2.75, 3.05) is 13.2 Å². The number of hydrogen-bond acceptors (Lipinski definition) is 2. The van der Waals surface area contributed by atoms with Gasteiger partial charge in [-0.25, -0.2) is 0 Å². The zero-order valence-electron chi connectivity index (χ0n) is 11.8. The van der Waals surface area contributed by atoms with Crippen molar-refractivity contribution in [1.82, 2.24) is 0 Å². The smallest absolute Gasteiger partial charge is 0.0550 e. The van der Waals surface area contributed by atoms with Crippen molar-refractivity contribution >= 4 is 0 Å². The minimum Gasteiger partial charge on any atom is -0.395 e. The first-order chi connectivity index (χ1) is 8.61. The van der Waals surface area contributed by atoms with Gasteiger partial charge in [-0.15, -0.1) is 0 Å². The Bertz CT molecular complexity index is 335. The van der Waals surface area contributed by atoms with Crippen LogP contribution in [-0.4, -0.2) is 23.4 Å². The molecular weight excluding hydrogens is 224 g/mol. The SMILES string of the molecule is CCC(CC)CC(CO)(CO)c1ccc(C)cc1. The summed E-state index contributed by atoms with van der Waals surface area (Å²) >= 11 is 0. The number of hydrogen-bond donors (Lipinski definition) is 2. The molecule has 102 valence electrons. The molecule has 2 nitrogen and oxygen atoms in total. The van der Waals surface area contributed by atoms with Crippen LogP contribution >= 0.6 is 0 Å². The molecule has 0 radical (unpaired) electrons. The lowest BCUT2D eigenvalue weighted by molar-refractivity contribution is 0.0934. The van der Waals surface area contributed by atoms with Crippen LogP contribution in [0.2, 0.25) is 0 Å². The van der Waals surface area contributed by atoms with E-state index in [1.807, 2.05) is 31.2 Å². The lowest BCUT2D eigenvalue weighted by Gasteiger charge is -2.33. The van der Waals surface area contributed by atoms with Crippen molar-refractivity contribution in [2.45, 2.75) is 45.4 Å². The summed E-state index contributed by atoms with van der Waals surface area (Å²) in [6.45, 7) is 6.39. The average molecular weight is 250 g/mol. The van der Waals surface area contributed by atoms with Crippen LogP contribution < -0.4 is 0 Å². The summed E-state index contributed by atoms with van der Waals surface area (Å²) in [4.78, 5) is 0. The summed E-state index contributed by atoms with van der Waals surface area (Å²) in [5.41, 5.74) is 1.75. The summed E-state index contributed by atoms with van der Waals surface area (Å²) in [6, 6.07) is 8.15. The highest BCUT2D eigenvalue weighted by Gasteiger charge is 2.32. The van der Waals surface area contributed by atoms with Gasteiger partial charge in [0, 0.05) is 5.41 Å². The second-order valence-electron chi connectivity index (χ2n) is 5.35. The van der Waals surface area contributed by atoms with Crippen LogP contribution in [-0.2, 0) is 5.41 Å². The Labute approximate surface area is 111 Å². The fourth-order valence-corrected chi connectivity index (χ4v) is 2.52. The van der Waals surface area contributed by atoms with Gasteiger partial charge in [0.25, 0.3) is 0 Å². The maximum absolute atomic E-state index is 9.78. The highest BCUT2D eigenvalue weighted by atomic mass is 16.3. The van der Waals surface area contributed by atoms with Gasteiger partial charge in [-0.2, -0.15) is 0 Å². The molecule has 0 bridgehead atoms. The van der Waals surface area contributed by atoms with Crippen molar-refractivity contribution in [2.24, 2.45) is 5.92 Å². The third-order valence-corrected chi connectivity index (χ3v) is 4.10. The van der Waals surface area contributed by atoms with E-state index in [-0.39, 0.29) is 13.2 Å². The Kier molecular flexibility index (Phi) is 5.83. The summed E-state index contributed by atoms with van der Waals surface area (Å²) in [7, 11) is 0. The predicted octanol–water partition coefficient (Wildman–Crippen LogP) is 3.04. The van der Waals surface area contributed by atoms with Crippen LogP contribution in [0.15, 0.2) is 24.3 Å². The van der Waals surface area contributed by atoms with Gasteiger partial charge in [-0.1, -0.05) is 56.5 Å². The first kappa shape index (κ1) is 15.2. The number of aliphatic hydroxyl groups excluding tert-OH is 2. The van der Waals surface area contributed by atoms with Gasteiger partial charge in [0.1, 0.15) is 0 Å². The monoisotopic (exact) mass is 250 g/mol. The standard InChI is InChI=1S/C16H26O2/c1-4-14(5-2)10-16(11-17,12-18)15-8-6-13(3)7-9-15/h6-9,14,17-18H,4-5,10-12H2,1-3H3. The van der Waals surface area contributed by atoms with E-state index in [4.69, 9.17) is 0 Å². The van der Waals surface area contributed by atoms with Crippen molar-refractivity contribution in [3.8, 4) is 0 Å². The quantitative estimate of drug-likeness (QED) is 0.781. The Balaban J connectivity index is 3.02. The fraction of sp³-hybridized carbons (Fsp3) is 0.625. The molecule has 0 amide bonds. The Hall–Kier alpha value is -0.860. The maximum Gasteiger partial charge on any atom is 0.0550 e. The molecule has 0 saturated carbocycles. The normalized spacial score (nSPS) is 12.1. The van der Waals surface area contributed by atoms with Crippen LogP contribution in [0.4, 0.5) is 0 Å². The molecule has 1 aromatic rings. The average Bonchev–Trinajstić information content (AvgIpc) is 2.42. The van der Waals surface area contributed by atoms with Gasteiger partial charge in [0.05, 0.1) is 13.2 Å². The summed E-state index contributed by atoms with van der Waals surface area (Å²) < 4.78 is 0. The van der Waals surface area contributed by atoms with Crippen LogP contribution in [0.3, 0.4) is 0 Å². The largest absolute Gasteiger partial charge is 0.395 e. The minimum absolute atomic E-state index is 0.00304. The van der Waals surface area contributed by atoms with Gasteiger partial charge < -0.3 is 10.2 Å². The van der Waals surface area contributed by atoms with Gasteiger partial charge >= 0.3 is 0 Å². The highest BCUT2D eigenvalue weighted by molar-refractivity contribution is 5.29. The van der Waals surface area contributed by atoms with Crippen molar-refractivity contribution < 1.29 is 10.2 Å². The molecule has 0 fully saturated rings. The first-order valence-corrected chi connectivity index (χ1v) is 6.90. The predicted molar refractivity (Wildman–Crippen MR) is 75.7 cm³/mol. The lowest BCUT2D eigenvalue weighted by atomic mass is 9.73. The molecule has 0 atom stereocenters. The molecule has 0 aliphatic heterocycles. The van der Waals surface area contributed by atoms with Crippen molar-refractivity contribution in [3.05, 3.63) is 35.4 Å². The second kappa shape index (κ2) is 6.91. The summed E-state index contributed by atoms with van der Waals surface area (Å²) in [6.07, 6.45) is 3.02. The Morgan fingerprint density at radius 1 is 1.00 bits per heavy atom. The fourth-order valence-electron chi connectivity index (χ4n) is 2.52. The van der Waals surface area contributed by atoms with Gasteiger partial charge in [0.15, 0.2) is 0 Å².